The lowest BCUT2D eigenvalue weighted by Crippen LogP contribution is -2.30. The van der Waals surface area contributed by atoms with Crippen LogP contribution in [0.3, 0.4) is 0 Å². The van der Waals surface area contributed by atoms with E-state index in [4.69, 9.17) is 9.47 Å². The van der Waals surface area contributed by atoms with Gasteiger partial charge in [0.05, 0.1) is 29.6 Å². The number of carbonyl (C=O) groups is 1. The Hall–Kier alpha value is -3.72. The van der Waals surface area contributed by atoms with Crippen molar-refractivity contribution in [3.63, 3.8) is 0 Å². The minimum Gasteiger partial charge on any atom is -0.497 e. The summed E-state index contributed by atoms with van der Waals surface area (Å²) in [6, 6.07) is 12.9. The lowest BCUT2D eigenvalue weighted by Gasteiger charge is -2.12. The average molecular weight is 451 g/mol. The van der Waals surface area contributed by atoms with Gasteiger partial charge in [-0.1, -0.05) is 29.8 Å². The Bertz CT molecular complexity index is 1360. The molecule has 0 bridgehead atoms. The van der Waals surface area contributed by atoms with Gasteiger partial charge in [-0.05, 0) is 26.0 Å². The minimum atomic E-state index is -0.413. The summed E-state index contributed by atoms with van der Waals surface area (Å²) in [5.41, 5.74) is 2.97. The van der Waals surface area contributed by atoms with Crippen LogP contribution in [0.1, 0.15) is 10.6 Å². The van der Waals surface area contributed by atoms with Gasteiger partial charge in [0.25, 0.3) is 5.56 Å². The van der Waals surface area contributed by atoms with E-state index in [1.807, 2.05) is 38.1 Å². The molecule has 0 fully saturated rings. The molecule has 0 saturated heterocycles. The van der Waals surface area contributed by atoms with Gasteiger partial charge < -0.3 is 14.8 Å². The van der Waals surface area contributed by atoms with Crippen LogP contribution in [-0.2, 0) is 11.3 Å². The summed E-state index contributed by atoms with van der Waals surface area (Å²) in [5.74, 6) is 0.637. The van der Waals surface area contributed by atoms with Crippen LogP contribution < -0.4 is 20.3 Å². The SMILES string of the molecule is COc1ccc(NC(=O)Cn2nc(-c3ccc(C)cc3)c3sc(C)nc3c2=O)c(OC)c1. The van der Waals surface area contributed by atoms with E-state index >= 15 is 0 Å². The molecule has 0 unspecified atom stereocenters. The van der Waals surface area contributed by atoms with Crippen molar-refractivity contribution in [1.82, 2.24) is 14.8 Å². The zero-order valence-corrected chi connectivity index (χ0v) is 18.9. The number of anilines is 1. The predicted octanol–water partition coefficient (Wildman–Crippen LogP) is 3.79. The van der Waals surface area contributed by atoms with Crippen molar-refractivity contribution >= 4 is 33.1 Å². The summed E-state index contributed by atoms with van der Waals surface area (Å²) < 4.78 is 12.4. The van der Waals surface area contributed by atoms with Gasteiger partial charge in [0.2, 0.25) is 5.91 Å². The lowest BCUT2D eigenvalue weighted by atomic mass is 10.1. The molecular weight excluding hydrogens is 428 g/mol. The molecule has 1 N–H and O–H groups in total. The first-order valence-electron chi connectivity index (χ1n) is 9.86. The van der Waals surface area contributed by atoms with Crippen molar-refractivity contribution < 1.29 is 14.3 Å². The van der Waals surface area contributed by atoms with E-state index in [1.165, 1.54) is 18.4 Å². The first kappa shape index (κ1) is 21.5. The van der Waals surface area contributed by atoms with E-state index < -0.39 is 11.5 Å². The van der Waals surface area contributed by atoms with Gasteiger partial charge in [-0.15, -0.1) is 11.3 Å². The molecule has 1 amide bonds. The van der Waals surface area contributed by atoms with Gasteiger partial charge >= 0.3 is 0 Å². The Morgan fingerprint density at radius 1 is 1.09 bits per heavy atom. The highest BCUT2D eigenvalue weighted by Crippen LogP contribution is 2.30. The summed E-state index contributed by atoms with van der Waals surface area (Å²) in [4.78, 5) is 30.2. The van der Waals surface area contributed by atoms with E-state index in [-0.39, 0.29) is 6.54 Å². The maximum atomic E-state index is 13.0. The number of rotatable bonds is 6. The van der Waals surface area contributed by atoms with Crippen molar-refractivity contribution in [3.05, 3.63) is 63.4 Å². The Labute approximate surface area is 188 Å². The van der Waals surface area contributed by atoms with E-state index in [1.54, 1.807) is 25.3 Å². The number of thiazole rings is 1. The van der Waals surface area contributed by atoms with E-state index in [0.29, 0.717) is 33.1 Å². The van der Waals surface area contributed by atoms with E-state index in [2.05, 4.69) is 15.4 Å². The highest BCUT2D eigenvalue weighted by atomic mass is 32.1. The largest absolute Gasteiger partial charge is 0.497 e. The fraction of sp³-hybridized carbons (Fsp3) is 0.217. The van der Waals surface area contributed by atoms with Crippen LogP contribution in [0.25, 0.3) is 21.5 Å². The smallest absolute Gasteiger partial charge is 0.294 e. The first-order valence-corrected chi connectivity index (χ1v) is 10.7. The molecule has 0 saturated carbocycles. The van der Waals surface area contributed by atoms with Crippen molar-refractivity contribution in [2.45, 2.75) is 20.4 Å². The van der Waals surface area contributed by atoms with Crippen molar-refractivity contribution in [1.29, 1.82) is 0 Å². The van der Waals surface area contributed by atoms with Crippen molar-refractivity contribution in [3.8, 4) is 22.8 Å². The lowest BCUT2D eigenvalue weighted by molar-refractivity contribution is -0.117. The van der Waals surface area contributed by atoms with Gasteiger partial charge in [0.1, 0.15) is 23.7 Å². The van der Waals surface area contributed by atoms with Crippen LogP contribution >= 0.6 is 11.3 Å². The quantitative estimate of drug-likeness (QED) is 0.480. The second kappa shape index (κ2) is 8.80. The van der Waals surface area contributed by atoms with Gasteiger partial charge in [0.15, 0.2) is 5.52 Å². The zero-order valence-electron chi connectivity index (χ0n) is 18.1. The zero-order chi connectivity index (χ0) is 22.8. The number of fused-ring (bicyclic) bond motifs is 1. The number of benzene rings is 2. The number of nitrogens with zero attached hydrogens (tertiary/aromatic N) is 3. The standard InChI is InChI=1S/C23H22N4O4S/c1-13-5-7-15(8-6-13)20-22-21(24-14(2)32-22)23(29)27(26-20)12-19(28)25-17-10-9-16(30-3)11-18(17)31-4/h5-11H,12H2,1-4H3,(H,25,28). The molecule has 4 rings (SSSR count). The third-order valence-electron chi connectivity index (χ3n) is 4.91. The van der Waals surface area contributed by atoms with Crippen LogP contribution in [0, 0.1) is 13.8 Å². The predicted molar refractivity (Wildman–Crippen MR) is 125 cm³/mol. The van der Waals surface area contributed by atoms with Gasteiger partial charge in [0, 0.05) is 11.6 Å². The monoisotopic (exact) mass is 450 g/mol. The van der Waals surface area contributed by atoms with Gasteiger partial charge in [-0.25, -0.2) is 9.67 Å². The number of amides is 1. The number of nitrogens with one attached hydrogen (secondary N) is 1. The molecule has 8 nitrogen and oxygen atoms in total. The maximum Gasteiger partial charge on any atom is 0.294 e. The minimum absolute atomic E-state index is 0.264. The number of methoxy groups -OCH3 is 2. The molecule has 0 aliphatic carbocycles. The second-order valence-electron chi connectivity index (χ2n) is 7.20. The number of aromatic nitrogens is 3. The second-order valence-corrected chi connectivity index (χ2v) is 8.41. The summed E-state index contributed by atoms with van der Waals surface area (Å²) in [5, 5.41) is 8.06. The molecule has 0 radical (unpaired) electrons. The molecule has 0 aliphatic rings. The molecule has 0 spiro atoms. The normalized spacial score (nSPS) is 10.9. The average Bonchev–Trinajstić information content (AvgIpc) is 3.18. The van der Waals surface area contributed by atoms with Crippen LogP contribution in [-0.4, -0.2) is 34.9 Å². The van der Waals surface area contributed by atoms with E-state index in [9.17, 15) is 9.59 Å². The third-order valence-corrected chi connectivity index (χ3v) is 5.89. The molecule has 4 aromatic rings. The molecule has 2 heterocycles. The number of carbonyl (C=O) groups excluding carboxylic acids is 1. The fourth-order valence-electron chi connectivity index (χ4n) is 3.30. The Kier molecular flexibility index (Phi) is 5.91. The molecule has 0 atom stereocenters. The fourth-order valence-corrected chi connectivity index (χ4v) is 4.22. The molecular formula is C23H22N4O4S. The highest BCUT2D eigenvalue weighted by Gasteiger charge is 2.18. The Balaban J connectivity index is 1.70. The summed E-state index contributed by atoms with van der Waals surface area (Å²) in [6.07, 6.45) is 0. The van der Waals surface area contributed by atoms with Crippen LogP contribution in [0.15, 0.2) is 47.3 Å². The van der Waals surface area contributed by atoms with Crippen LogP contribution in [0.2, 0.25) is 0 Å². The molecule has 0 aliphatic heterocycles. The number of hydrogen-bond donors (Lipinski definition) is 1. The maximum absolute atomic E-state index is 13.0. The highest BCUT2D eigenvalue weighted by molar-refractivity contribution is 7.19. The third kappa shape index (κ3) is 4.19. The first-order chi connectivity index (χ1) is 15.4. The van der Waals surface area contributed by atoms with Gasteiger partial charge in [-0.3, -0.25) is 9.59 Å². The molecule has 2 aromatic carbocycles. The van der Waals surface area contributed by atoms with E-state index in [0.717, 1.165) is 20.8 Å². The molecule has 164 valence electrons. The van der Waals surface area contributed by atoms with Crippen molar-refractivity contribution in [2.75, 3.05) is 19.5 Å². The van der Waals surface area contributed by atoms with Crippen LogP contribution in [0.4, 0.5) is 5.69 Å². The van der Waals surface area contributed by atoms with Crippen LogP contribution in [0.5, 0.6) is 11.5 Å². The Morgan fingerprint density at radius 2 is 1.84 bits per heavy atom. The van der Waals surface area contributed by atoms with Crippen molar-refractivity contribution in [2.24, 2.45) is 0 Å². The number of ether oxygens (including phenoxy) is 2. The summed E-state index contributed by atoms with van der Waals surface area (Å²) in [6.45, 7) is 3.58. The molecule has 32 heavy (non-hydrogen) atoms. The van der Waals surface area contributed by atoms with Gasteiger partial charge in [-0.2, -0.15) is 5.10 Å². The summed E-state index contributed by atoms with van der Waals surface area (Å²) >= 11 is 1.41. The topological polar surface area (TPSA) is 95.3 Å². The Morgan fingerprint density at radius 3 is 2.53 bits per heavy atom. The number of aryl methyl sites for hydroxylation is 2. The summed E-state index contributed by atoms with van der Waals surface area (Å²) in [7, 11) is 3.05. The molecule has 9 heteroatoms. The molecule has 2 aromatic heterocycles. The number of hydrogen-bond acceptors (Lipinski definition) is 7.